The Morgan fingerprint density at radius 1 is 0.939 bits per heavy atom. The van der Waals surface area contributed by atoms with Gasteiger partial charge in [-0.2, -0.15) is 0 Å². The van der Waals surface area contributed by atoms with Crippen molar-refractivity contribution in [3.63, 3.8) is 0 Å². The summed E-state index contributed by atoms with van der Waals surface area (Å²) in [5, 5.41) is 8.32. The highest BCUT2D eigenvalue weighted by atomic mass is 19.1. The first kappa shape index (κ1) is 21.0. The Bertz CT molecular complexity index is 1370. The first-order valence-corrected chi connectivity index (χ1v) is 10.9. The second-order valence-corrected chi connectivity index (χ2v) is 8.06. The van der Waals surface area contributed by atoms with Gasteiger partial charge in [-0.25, -0.2) is 4.39 Å². The summed E-state index contributed by atoms with van der Waals surface area (Å²) in [4.78, 5) is 16.4. The van der Waals surface area contributed by atoms with Crippen molar-refractivity contribution in [2.45, 2.75) is 25.6 Å². The molecule has 5 rings (SSSR count). The number of amides is 1. The molecular weight excluding hydrogens is 417 g/mol. The van der Waals surface area contributed by atoms with Crippen LogP contribution in [0.15, 0.2) is 89.5 Å². The van der Waals surface area contributed by atoms with Gasteiger partial charge in [0.05, 0.1) is 12.6 Å². The minimum Gasteiger partial charge on any atom is -0.460 e. The van der Waals surface area contributed by atoms with Crippen molar-refractivity contribution in [1.82, 2.24) is 15.6 Å². The second kappa shape index (κ2) is 9.30. The predicted molar refractivity (Wildman–Crippen MR) is 127 cm³/mol. The molecule has 0 saturated carbocycles. The van der Waals surface area contributed by atoms with E-state index < -0.39 is 6.04 Å². The number of nitrogens with one attached hydrogen (secondary N) is 3. The van der Waals surface area contributed by atoms with Crippen molar-refractivity contribution < 1.29 is 13.6 Å². The van der Waals surface area contributed by atoms with E-state index >= 15 is 0 Å². The maximum atomic E-state index is 14.0. The molecule has 5 aromatic rings. The Balaban J connectivity index is 1.34. The van der Waals surface area contributed by atoms with Crippen LogP contribution >= 0.6 is 0 Å². The molecule has 0 radical (unpaired) electrons. The van der Waals surface area contributed by atoms with Crippen LogP contribution in [0.3, 0.4) is 0 Å². The van der Waals surface area contributed by atoms with Gasteiger partial charge in [0.1, 0.15) is 17.2 Å². The quantitative estimate of drug-likeness (QED) is 0.315. The monoisotopic (exact) mass is 441 g/mol. The lowest BCUT2D eigenvalue weighted by atomic mass is 10.0. The van der Waals surface area contributed by atoms with Gasteiger partial charge >= 0.3 is 0 Å². The Morgan fingerprint density at radius 2 is 1.73 bits per heavy atom. The van der Waals surface area contributed by atoms with Gasteiger partial charge in [-0.3, -0.25) is 10.1 Å². The van der Waals surface area contributed by atoms with E-state index in [2.05, 4.69) is 15.6 Å². The Kier molecular flexibility index (Phi) is 5.91. The highest BCUT2D eigenvalue weighted by Gasteiger charge is 2.21. The molecule has 0 aliphatic heterocycles. The van der Waals surface area contributed by atoms with Crippen molar-refractivity contribution >= 4 is 27.8 Å². The number of carbonyl (C=O) groups excluding carboxylic acids is 1. The van der Waals surface area contributed by atoms with Crippen LogP contribution in [0, 0.1) is 5.82 Å². The third-order valence-electron chi connectivity index (χ3n) is 5.83. The zero-order chi connectivity index (χ0) is 22.6. The molecule has 3 N–H and O–H groups in total. The third-order valence-corrected chi connectivity index (χ3v) is 5.83. The van der Waals surface area contributed by atoms with E-state index in [1.807, 2.05) is 60.8 Å². The van der Waals surface area contributed by atoms with Gasteiger partial charge in [0.25, 0.3) is 0 Å². The van der Waals surface area contributed by atoms with Gasteiger partial charge < -0.3 is 14.7 Å². The molecule has 0 aliphatic rings. The molecule has 0 aliphatic carbocycles. The first-order chi connectivity index (χ1) is 16.2. The second-order valence-electron chi connectivity index (χ2n) is 8.06. The first-order valence-electron chi connectivity index (χ1n) is 10.9. The molecule has 1 unspecified atom stereocenters. The van der Waals surface area contributed by atoms with E-state index in [0.29, 0.717) is 18.5 Å². The van der Waals surface area contributed by atoms with E-state index in [-0.39, 0.29) is 18.3 Å². The summed E-state index contributed by atoms with van der Waals surface area (Å²) in [5.41, 5.74) is 3.32. The molecular formula is C27H24FN3O2. The van der Waals surface area contributed by atoms with E-state index in [1.54, 1.807) is 18.2 Å². The largest absolute Gasteiger partial charge is 0.460 e. The molecule has 5 nitrogen and oxygen atoms in total. The lowest BCUT2D eigenvalue weighted by Crippen LogP contribution is -2.45. The summed E-state index contributed by atoms with van der Waals surface area (Å²) in [6, 6.07) is 23.7. The normalized spacial score (nSPS) is 12.3. The number of benzene rings is 3. The van der Waals surface area contributed by atoms with Crippen LogP contribution in [0.4, 0.5) is 4.39 Å². The smallest absolute Gasteiger partial charge is 0.237 e. The van der Waals surface area contributed by atoms with Gasteiger partial charge in [-0.05, 0) is 36.2 Å². The number of aromatic nitrogens is 1. The van der Waals surface area contributed by atoms with Gasteiger partial charge in [0.15, 0.2) is 0 Å². The fraction of sp³-hybridized carbons (Fsp3) is 0.148. The fourth-order valence-electron chi connectivity index (χ4n) is 4.07. The van der Waals surface area contributed by atoms with Gasteiger partial charge in [0.2, 0.25) is 5.91 Å². The standard InChI is InChI=1S/C27H24FN3O2/c28-23-10-4-1-8-19(23)15-31-27(32)25(14-20-16-29-24-11-5-3-9-22(20)24)30-17-21-13-18-7-2-6-12-26(18)33-21/h1-13,16,25,29-30H,14-15,17H2,(H,31,32). The molecule has 33 heavy (non-hydrogen) atoms. The maximum Gasteiger partial charge on any atom is 0.237 e. The summed E-state index contributed by atoms with van der Waals surface area (Å²) < 4.78 is 19.9. The average molecular weight is 442 g/mol. The number of furan rings is 1. The summed E-state index contributed by atoms with van der Waals surface area (Å²) in [7, 11) is 0. The number of para-hydroxylation sites is 2. The SMILES string of the molecule is O=C(NCc1ccccc1F)C(Cc1c[nH]c2ccccc12)NCc1cc2ccccc2o1. The zero-order valence-electron chi connectivity index (χ0n) is 18.0. The zero-order valence-corrected chi connectivity index (χ0v) is 18.0. The molecule has 1 amide bonds. The molecule has 2 heterocycles. The number of fused-ring (bicyclic) bond motifs is 2. The highest BCUT2D eigenvalue weighted by molar-refractivity contribution is 5.86. The van der Waals surface area contributed by atoms with Gasteiger partial charge in [-0.1, -0.05) is 54.6 Å². The van der Waals surface area contributed by atoms with Crippen LogP contribution in [0.1, 0.15) is 16.9 Å². The maximum absolute atomic E-state index is 14.0. The van der Waals surface area contributed by atoms with E-state index in [4.69, 9.17) is 4.42 Å². The van der Waals surface area contributed by atoms with Crippen LogP contribution in [0.5, 0.6) is 0 Å². The van der Waals surface area contributed by atoms with Crippen molar-refractivity contribution in [2.24, 2.45) is 0 Å². The third kappa shape index (κ3) is 4.66. The molecule has 0 spiro atoms. The van der Waals surface area contributed by atoms with Crippen molar-refractivity contribution in [3.05, 3.63) is 108 Å². The Hall–Kier alpha value is -3.90. The van der Waals surface area contributed by atoms with Crippen molar-refractivity contribution in [1.29, 1.82) is 0 Å². The number of H-pyrrole nitrogens is 1. The lowest BCUT2D eigenvalue weighted by molar-refractivity contribution is -0.123. The number of hydrogen-bond acceptors (Lipinski definition) is 3. The van der Waals surface area contributed by atoms with Crippen LogP contribution in [-0.2, 0) is 24.3 Å². The van der Waals surface area contributed by atoms with Crippen molar-refractivity contribution in [2.75, 3.05) is 0 Å². The average Bonchev–Trinajstić information content (AvgIpc) is 3.44. The lowest BCUT2D eigenvalue weighted by Gasteiger charge is -2.18. The highest BCUT2D eigenvalue weighted by Crippen LogP contribution is 2.21. The number of hydrogen-bond donors (Lipinski definition) is 3. The summed E-state index contributed by atoms with van der Waals surface area (Å²) in [5.74, 6) is 0.225. The minimum absolute atomic E-state index is 0.127. The molecule has 3 aromatic carbocycles. The molecule has 0 bridgehead atoms. The van der Waals surface area contributed by atoms with Crippen LogP contribution in [0.25, 0.3) is 21.9 Å². The number of carbonyl (C=O) groups is 1. The van der Waals surface area contributed by atoms with Gasteiger partial charge in [-0.15, -0.1) is 0 Å². The molecule has 0 saturated heterocycles. The topological polar surface area (TPSA) is 70.1 Å². The van der Waals surface area contributed by atoms with E-state index in [0.717, 1.165) is 33.2 Å². The fourth-order valence-corrected chi connectivity index (χ4v) is 4.07. The summed E-state index contributed by atoms with van der Waals surface area (Å²) >= 11 is 0. The van der Waals surface area contributed by atoms with E-state index in [9.17, 15) is 9.18 Å². The summed E-state index contributed by atoms with van der Waals surface area (Å²) in [6.07, 6.45) is 2.41. The molecule has 2 aromatic heterocycles. The molecule has 166 valence electrons. The van der Waals surface area contributed by atoms with Crippen LogP contribution in [0.2, 0.25) is 0 Å². The van der Waals surface area contributed by atoms with E-state index in [1.165, 1.54) is 6.07 Å². The van der Waals surface area contributed by atoms with Crippen LogP contribution in [-0.4, -0.2) is 16.9 Å². The minimum atomic E-state index is -0.524. The summed E-state index contributed by atoms with van der Waals surface area (Å²) in [6.45, 7) is 0.525. The number of halogens is 1. The van der Waals surface area contributed by atoms with Crippen molar-refractivity contribution in [3.8, 4) is 0 Å². The van der Waals surface area contributed by atoms with Gasteiger partial charge in [0, 0.05) is 34.6 Å². The van der Waals surface area contributed by atoms with Crippen LogP contribution < -0.4 is 10.6 Å². The number of aromatic amines is 1. The Labute approximate surface area is 190 Å². The Morgan fingerprint density at radius 3 is 2.61 bits per heavy atom. The number of rotatable bonds is 8. The molecule has 1 atom stereocenters. The predicted octanol–water partition coefficient (Wildman–Crippen LogP) is 5.07. The molecule has 0 fully saturated rings. The molecule has 6 heteroatoms.